The van der Waals surface area contributed by atoms with Crippen molar-refractivity contribution < 1.29 is 0 Å². The first-order valence-corrected chi connectivity index (χ1v) is 10.4. The molecule has 2 aliphatic rings. The standard InChI is InChI=1S/C23H27N5/c1-2-6-18(7-3-1)21-17-25-23(26-21)19-10-11-22(24-16-19)28-14-12-27(13-15-28)20-8-4-5-9-20/h1-3,6-7,10-11,16-17,20H,4-5,8-9,12-15H2,(H,25,26). The number of nitrogens with one attached hydrogen (secondary N) is 1. The summed E-state index contributed by atoms with van der Waals surface area (Å²) in [5, 5.41) is 0. The molecule has 0 amide bonds. The lowest BCUT2D eigenvalue weighted by Gasteiger charge is -2.38. The van der Waals surface area contributed by atoms with Crippen molar-refractivity contribution >= 4 is 5.82 Å². The van der Waals surface area contributed by atoms with Crippen LogP contribution in [0.3, 0.4) is 0 Å². The normalized spacial score (nSPS) is 18.6. The first-order valence-electron chi connectivity index (χ1n) is 10.4. The summed E-state index contributed by atoms with van der Waals surface area (Å²) in [6.07, 6.45) is 9.49. The van der Waals surface area contributed by atoms with Crippen LogP contribution >= 0.6 is 0 Å². The SMILES string of the molecule is c1ccc(-c2c[nH]c(-c3ccc(N4CCN(C5CCCC5)CC4)nc3)n2)cc1. The molecule has 5 nitrogen and oxygen atoms in total. The van der Waals surface area contributed by atoms with E-state index in [1.54, 1.807) is 0 Å². The van der Waals surface area contributed by atoms with Crippen LogP contribution in [-0.2, 0) is 0 Å². The summed E-state index contributed by atoms with van der Waals surface area (Å²) in [5.74, 6) is 1.94. The van der Waals surface area contributed by atoms with Crippen LogP contribution in [0.25, 0.3) is 22.6 Å². The molecular formula is C23H27N5. The molecule has 0 bridgehead atoms. The van der Waals surface area contributed by atoms with Gasteiger partial charge in [-0.1, -0.05) is 43.2 Å². The number of hydrogen-bond donors (Lipinski definition) is 1. The Hall–Kier alpha value is -2.66. The molecule has 0 unspecified atom stereocenters. The van der Waals surface area contributed by atoms with E-state index in [0.29, 0.717) is 0 Å². The maximum Gasteiger partial charge on any atom is 0.139 e. The van der Waals surface area contributed by atoms with Gasteiger partial charge in [0.2, 0.25) is 0 Å². The summed E-state index contributed by atoms with van der Waals surface area (Å²) in [4.78, 5) is 17.8. The van der Waals surface area contributed by atoms with Crippen molar-refractivity contribution in [2.24, 2.45) is 0 Å². The van der Waals surface area contributed by atoms with Gasteiger partial charge < -0.3 is 9.88 Å². The second-order valence-corrected chi connectivity index (χ2v) is 7.87. The van der Waals surface area contributed by atoms with Crippen molar-refractivity contribution in [2.45, 2.75) is 31.7 Å². The highest BCUT2D eigenvalue weighted by Gasteiger charge is 2.26. The van der Waals surface area contributed by atoms with Crippen molar-refractivity contribution in [2.75, 3.05) is 31.1 Å². The number of anilines is 1. The zero-order valence-corrected chi connectivity index (χ0v) is 16.2. The van der Waals surface area contributed by atoms with Crippen molar-refractivity contribution in [3.63, 3.8) is 0 Å². The fraction of sp³-hybridized carbons (Fsp3) is 0.391. The Labute approximate surface area is 166 Å². The predicted octanol–water partition coefficient (Wildman–Crippen LogP) is 4.20. The van der Waals surface area contributed by atoms with Gasteiger partial charge in [-0.25, -0.2) is 9.97 Å². The third kappa shape index (κ3) is 3.54. The number of pyridine rings is 1. The second-order valence-electron chi connectivity index (χ2n) is 7.87. The molecule has 0 atom stereocenters. The number of aromatic amines is 1. The van der Waals surface area contributed by atoms with E-state index in [1.165, 1.54) is 25.7 Å². The molecule has 28 heavy (non-hydrogen) atoms. The molecule has 1 N–H and O–H groups in total. The number of H-pyrrole nitrogens is 1. The Morgan fingerprint density at radius 1 is 0.857 bits per heavy atom. The number of imidazole rings is 1. The lowest BCUT2D eigenvalue weighted by molar-refractivity contribution is 0.187. The Balaban J connectivity index is 1.24. The van der Waals surface area contributed by atoms with Gasteiger partial charge in [-0.05, 0) is 25.0 Å². The number of nitrogens with zero attached hydrogens (tertiary/aromatic N) is 4. The molecule has 0 radical (unpaired) electrons. The molecule has 1 aromatic carbocycles. The van der Waals surface area contributed by atoms with E-state index in [-0.39, 0.29) is 0 Å². The summed E-state index contributed by atoms with van der Waals surface area (Å²) >= 11 is 0. The van der Waals surface area contributed by atoms with Gasteiger partial charge in [0.15, 0.2) is 0 Å². The van der Waals surface area contributed by atoms with Crippen LogP contribution in [0.15, 0.2) is 54.9 Å². The van der Waals surface area contributed by atoms with E-state index >= 15 is 0 Å². The van der Waals surface area contributed by atoms with Gasteiger partial charge in [0.05, 0.1) is 5.69 Å². The zero-order chi connectivity index (χ0) is 18.8. The van der Waals surface area contributed by atoms with Gasteiger partial charge in [0.25, 0.3) is 0 Å². The third-order valence-corrected chi connectivity index (χ3v) is 6.15. The lowest BCUT2D eigenvalue weighted by atomic mass is 10.2. The summed E-state index contributed by atoms with van der Waals surface area (Å²) in [7, 11) is 0. The first-order chi connectivity index (χ1) is 13.9. The summed E-state index contributed by atoms with van der Waals surface area (Å²) in [5.41, 5.74) is 3.10. The quantitative estimate of drug-likeness (QED) is 0.744. The maximum absolute atomic E-state index is 4.73. The highest BCUT2D eigenvalue weighted by Crippen LogP contribution is 2.26. The average Bonchev–Trinajstić information content (AvgIpc) is 3.47. The maximum atomic E-state index is 4.73. The number of aromatic nitrogens is 3. The molecule has 2 aromatic heterocycles. The Morgan fingerprint density at radius 3 is 2.36 bits per heavy atom. The number of rotatable bonds is 4. The summed E-state index contributed by atoms with van der Waals surface area (Å²) in [6, 6.07) is 15.3. The van der Waals surface area contributed by atoms with Crippen LogP contribution in [0, 0.1) is 0 Å². The number of hydrogen-bond acceptors (Lipinski definition) is 4. The van der Waals surface area contributed by atoms with Gasteiger partial charge in [0, 0.05) is 55.7 Å². The molecule has 5 heteroatoms. The summed E-state index contributed by atoms with van der Waals surface area (Å²) < 4.78 is 0. The molecule has 2 fully saturated rings. The topological polar surface area (TPSA) is 48.1 Å². The van der Waals surface area contributed by atoms with E-state index in [1.807, 2.05) is 30.6 Å². The molecule has 3 aromatic rings. The number of piperazine rings is 1. The Bertz CT molecular complexity index is 888. The van der Waals surface area contributed by atoms with Crippen LogP contribution in [0.5, 0.6) is 0 Å². The minimum atomic E-state index is 0.829. The fourth-order valence-electron chi connectivity index (χ4n) is 4.53. The summed E-state index contributed by atoms with van der Waals surface area (Å²) in [6.45, 7) is 4.46. The monoisotopic (exact) mass is 373 g/mol. The van der Waals surface area contributed by atoms with Crippen molar-refractivity contribution in [1.29, 1.82) is 0 Å². The van der Waals surface area contributed by atoms with Crippen molar-refractivity contribution in [3.05, 3.63) is 54.9 Å². The Kier molecular flexibility index (Phi) is 4.83. The minimum Gasteiger partial charge on any atom is -0.354 e. The molecule has 0 spiro atoms. The largest absolute Gasteiger partial charge is 0.354 e. The van der Waals surface area contributed by atoms with Gasteiger partial charge in [-0.15, -0.1) is 0 Å². The average molecular weight is 374 g/mol. The first kappa shape index (κ1) is 17.4. The van der Waals surface area contributed by atoms with Crippen LogP contribution in [0.4, 0.5) is 5.82 Å². The second kappa shape index (κ2) is 7.76. The van der Waals surface area contributed by atoms with E-state index in [4.69, 9.17) is 9.97 Å². The molecule has 1 saturated heterocycles. The van der Waals surface area contributed by atoms with Crippen LogP contribution in [0.1, 0.15) is 25.7 Å². The molecule has 5 rings (SSSR count). The fourth-order valence-corrected chi connectivity index (χ4v) is 4.53. The van der Waals surface area contributed by atoms with Gasteiger partial charge >= 0.3 is 0 Å². The van der Waals surface area contributed by atoms with Crippen LogP contribution < -0.4 is 4.90 Å². The van der Waals surface area contributed by atoms with Gasteiger partial charge in [-0.3, -0.25) is 4.90 Å². The van der Waals surface area contributed by atoms with Crippen molar-refractivity contribution in [1.82, 2.24) is 19.9 Å². The molecule has 144 valence electrons. The zero-order valence-electron chi connectivity index (χ0n) is 16.2. The van der Waals surface area contributed by atoms with E-state index in [9.17, 15) is 0 Å². The van der Waals surface area contributed by atoms with E-state index in [2.05, 4.69) is 39.0 Å². The highest BCUT2D eigenvalue weighted by molar-refractivity contribution is 5.64. The van der Waals surface area contributed by atoms with E-state index in [0.717, 1.165) is 60.7 Å². The Morgan fingerprint density at radius 2 is 1.64 bits per heavy atom. The van der Waals surface area contributed by atoms with E-state index < -0.39 is 0 Å². The van der Waals surface area contributed by atoms with Crippen molar-refractivity contribution in [3.8, 4) is 22.6 Å². The molecule has 3 heterocycles. The smallest absolute Gasteiger partial charge is 0.139 e. The molecule has 1 saturated carbocycles. The molecule has 1 aliphatic heterocycles. The van der Waals surface area contributed by atoms with Gasteiger partial charge in [-0.2, -0.15) is 0 Å². The number of benzene rings is 1. The lowest BCUT2D eigenvalue weighted by Crippen LogP contribution is -2.49. The third-order valence-electron chi connectivity index (χ3n) is 6.15. The van der Waals surface area contributed by atoms with Crippen LogP contribution in [-0.4, -0.2) is 52.1 Å². The molecule has 1 aliphatic carbocycles. The minimum absolute atomic E-state index is 0.829. The van der Waals surface area contributed by atoms with Gasteiger partial charge in [0.1, 0.15) is 11.6 Å². The van der Waals surface area contributed by atoms with Crippen LogP contribution in [0.2, 0.25) is 0 Å². The highest BCUT2D eigenvalue weighted by atomic mass is 15.3. The molecular weight excluding hydrogens is 346 g/mol. The predicted molar refractivity (Wildman–Crippen MR) is 113 cm³/mol.